The Kier molecular flexibility index (Phi) is 11.3. The first-order chi connectivity index (χ1) is 28.2. The number of fused-ring (bicyclic) bond motifs is 4. The number of phenols is 1. The van der Waals surface area contributed by atoms with Gasteiger partial charge in [0, 0.05) is 18.0 Å². The first kappa shape index (κ1) is 40.9. The number of esters is 1. The third kappa shape index (κ3) is 8.59. The van der Waals surface area contributed by atoms with E-state index in [1.165, 1.54) is 48.5 Å². The molecular formula is C33H31F2N7O14P2S. The highest BCUT2D eigenvalue weighted by Gasteiger charge is 2.55. The predicted molar refractivity (Wildman–Crippen MR) is 199 cm³/mol. The molecule has 0 saturated carbocycles. The molecule has 26 heteroatoms. The lowest BCUT2D eigenvalue weighted by Gasteiger charge is -2.27. The molecule has 2 aromatic carbocycles. The Balaban J connectivity index is 1.08. The highest BCUT2D eigenvalue weighted by atomic mass is 32.7. The SMILES string of the molecule is Nc1ncnc2c1ncn2C1O[C@@H]2COP(=O)(O)OC3C(n4ccc(=O)[nH]c4=O)O[C@H](CO[P@](=O)(SCc4ccc(OC(=O)c5ccc(O)cc5)cc4)O[C@H]2C1F)[C@H]3F. The van der Waals surface area contributed by atoms with Crippen molar-refractivity contribution in [1.29, 1.82) is 0 Å². The van der Waals surface area contributed by atoms with Gasteiger partial charge in [-0.2, -0.15) is 0 Å². The van der Waals surface area contributed by atoms with Crippen LogP contribution in [0.1, 0.15) is 28.4 Å². The molecule has 6 heterocycles. The Morgan fingerprint density at radius 3 is 2.39 bits per heavy atom. The predicted octanol–water partition coefficient (Wildman–Crippen LogP) is 3.31. The number of benzene rings is 2. The summed E-state index contributed by atoms with van der Waals surface area (Å²) in [6.07, 6.45) is -11.9. The first-order valence-corrected chi connectivity index (χ1v) is 22.0. The number of phenolic OH excluding ortho intramolecular Hbond substituents is 1. The summed E-state index contributed by atoms with van der Waals surface area (Å²) in [7, 11) is -5.31. The maximum Gasteiger partial charge on any atom is 0.472 e. The minimum absolute atomic E-state index is 0.0223. The average Bonchev–Trinajstić information content (AvgIpc) is 3.86. The van der Waals surface area contributed by atoms with Crippen LogP contribution in [0.15, 0.2) is 83.0 Å². The molecule has 5 N–H and O–H groups in total. The summed E-state index contributed by atoms with van der Waals surface area (Å²) < 4.78 is 102. The Labute approximate surface area is 333 Å². The van der Waals surface area contributed by atoms with Gasteiger partial charge >= 0.3 is 26.3 Å². The quantitative estimate of drug-likeness (QED) is 0.104. The second kappa shape index (κ2) is 16.3. The van der Waals surface area contributed by atoms with Gasteiger partial charge in [-0.3, -0.25) is 37.0 Å². The number of carbonyl (C=O) groups excluding carboxylic acids is 1. The van der Waals surface area contributed by atoms with Crippen molar-refractivity contribution < 1.29 is 65.0 Å². The van der Waals surface area contributed by atoms with E-state index in [2.05, 4.69) is 15.0 Å². The smallest absolute Gasteiger partial charge is 0.472 e. The molecule has 3 aliphatic rings. The van der Waals surface area contributed by atoms with Gasteiger partial charge in [-0.25, -0.2) is 42.5 Å². The summed E-state index contributed by atoms with van der Waals surface area (Å²) in [6.45, 7) is -6.50. The molecule has 0 radical (unpaired) electrons. The van der Waals surface area contributed by atoms with Crippen LogP contribution in [0.3, 0.4) is 0 Å². The Morgan fingerprint density at radius 2 is 1.64 bits per heavy atom. The number of H-pyrrole nitrogens is 1. The van der Waals surface area contributed by atoms with Crippen LogP contribution < -0.4 is 21.7 Å². The summed E-state index contributed by atoms with van der Waals surface area (Å²) in [5.74, 6) is -0.746. The van der Waals surface area contributed by atoms with Gasteiger partial charge in [0.1, 0.15) is 47.8 Å². The molecule has 0 aliphatic carbocycles. The average molecular weight is 882 g/mol. The Hall–Kier alpha value is -4.87. The van der Waals surface area contributed by atoms with Gasteiger partial charge in [0.25, 0.3) is 5.56 Å². The molecule has 10 atom stereocenters. The van der Waals surface area contributed by atoms with Crippen LogP contribution in [-0.4, -0.2) is 95.0 Å². The van der Waals surface area contributed by atoms with Crippen LogP contribution in [-0.2, 0) is 42.5 Å². The molecule has 312 valence electrons. The Morgan fingerprint density at radius 1 is 0.915 bits per heavy atom. The number of hydrogen-bond donors (Lipinski definition) is 4. The summed E-state index contributed by atoms with van der Waals surface area (Å²) in [6, 6.07) is 12.3. The maximum atomic E-state index is 16.7. The van der Waals surface area contributed by atoms with Crippen molar-refractivity contribution in [2.45, 2.75) is 55.0 Å². The van der Waals surface area contributed by atoms with Gasteiger partial charge in [-0.15, -0.1) is 0 Å². The highest BCUT2D eigenvalue weighted by molar-refractivity contribution is 8.54. The van der Waals surface area contributed by atoms with Crippen LogP contribution >= 0.6 is 26.0 Å². The number of rotatable bonds is 7. The topological polar surface area (TPSA) is 281 Å². The van der Waals surface area contributed by atoms with E-state index in [0.29, 0.717) is 21.5 Å². The van der Waals surface area contributed by atoms with Crippen LogP contribution in [0.2, 0.25) is 0 Å². The lowest BCUT2D eigenvalue weighted by Crippen LogP contribution is -2.37. The number of ether oxygens (including phenoxy) is 3. The standard InChI is InChI=1S/C33H31F2N7O14P2S/c34-23-20-11-51-58(49,59-13-16-1-7-19(8-2-16)52-32(45)17-3-5-18(43)6-4-17)56-26-21(54-30(24(26)35)42-15-39-25-28(36)37-14-38-29(25)42)12-50-57(47,48)55-27(23)31(53-20)41-10-9-22(44)40-33(41)46/h1-10,14-15,20-21,23-24,26-27,30-31,43H,11-13H2,(H,47,48)(H2,36,37,38)(H,40,44,46)/t20-,21-,23-,24?,26-,27?,30?,31?,58+/m1/s1. The number of phosphoric ester groups is 1. The minimum Gasteiger partial charge on any atom is -0.508 e. The number of aromatic amines is 1. The highest BCUT2D eigenvalue weighted by Crippen LogP contribution is 2.65. The molecule has 59 heavy (non-hydrogen) atoms. The molecule has 8 rings (SSSR count). The van der Waals surface area contributed by atoms with Gasteiger partial charge in [0.15, 0.2) is 36.3 Å². The first-order valence-electron chi connectivity index (χ1n) is 17.3. The number of nitrogen functional groups attached to an aromatic ring is 1. The number of aromatic nitrogens is 6. The number of phosphoric acid groups is 1. The van der Waals surface area contributed by atoms with E-state index in [1.807, 2.05) is 4.98 Å². The second-order valence-corrected chi connectivity index (χ2v) is 18.6. The largest absolute Gasteiger partial charge is 0.508 e. The minimum atomic E-state index is -5.31. The summed E-state index contributed by atoms with van der Waals surface area (Å²) in [5, 5.41) is 9.49. The summed E-state index contributed by atoms with van der Waals surface area (Å²) in [4.78, 5) is 61.8. The molecule has 3 aromatic heterocycles. The van der Waals surface area contributed by atoms with Crippen LogP contribution in [0, 0.1) is 0 Å². The molecule has 3 fully saturated rings. The van der Waals surface area contributed by atoms with Crippen LogP contribution in [0.25, 0.3) is 11.2 Å². The van der Waals surface area contributed by atoms with E-state index in [0.717, 1.165) is 29.5 Å². The third-order valence-electron chi connectivity index (χ3n) is 9.25. The van der Waals surface area contributed by atoms with E-state index in [-0.39, 0.29) is 39.8 Å². The molecule has 3 aliphatic heterocycles. The van der Waals surface area contributed by atoms with Crippen molar-refractivity contribution in [3.8, 4) is 11.5 Å². The van der Waals surface area contributed by atoms with E-state index in [9.17, 15) is 33.5 Å². The molecule has 0 amide bonds. The Bertz CT molecular complexity index is 2590. The van der Waals surface area contributed by atoms with Crippen molar-refractivity contribution in [1.82, 2.24) is 29.1 Å². The lowest BCUT2D eigenvalue weighted by atomic mass is 10.1. The number of imidazole rings is 1. The molecule has 5 unspecified atom stereocenters. The number of nitrogens with zero attached hydrogens (tertiary/aromatic N) is 5. The fraction of sp³-hybridized carbons (Fsp3) is 0.333. The normalized spacial score (nSPS) is 31.2. The van der Waals surface area contributed by atoms with Crippen molar-refractivity contribution in [2.24, 2.45) is 0 Å². The van der Waals surface area contributed by atoms with Crippen molar-refractivity contribution in [3.63, 3.8) is 0 Å². The van der Waals surface area contributed by atoms with Crippen LogP contribution in [0.5, 0.6) is 11.5 Å². The third-order valence-corrected chi connectivity index (χ3v) is 13.9. The number of alkyl halides is 2. The van der Waals surface area contributed by atoms with Gasteiger partial charge < -0.3 is 29.9 Å². The van der Waals surface area contributed by atoms with Crippen molar-refractivity contribution in [3.05, 3.63) is 105 Å². The van der Waals surface area contributed by atoms with Gasteiger partial charge in [-0.05, 0) is 53.3 Å². The molecule has 21 nitrogen and oxygen atoms in total. The zero-order valence-electron chi connectivity index (χ0n) is 29.8. The molecule has 5 aromatic rings. The molecule has 0 spiro atoms. The number of nitrogens with two attached hydrogens (primary N) is 1. The molecule has 3 saturated heterocycles. The van der Waals surface area contributed by atoms with E-state index in [4.69, 9.17) is 38.0 Å². The number of nitrogens with one attached hydrogen (secondary N) is 1. The second-order valence-electron chi connectivity index (χ2n) is 13.1. The molecule has 2 bridgehead atoms. The summed E-state index contributed by atoms with van der Waals surface area (Å²) in [5.41, 5.74) is 4.85. The number of aromatic hydroxyl groups is 1. The van der Waals surface area contributed by atoms with Gasteiger partial charge in [0.2, 0.25) is 0 Å². The van der Waals surface area contributed by atoms with Gasteiger partial charge in [0.05, 0.1) is 25.1 Å². The van der Waals surface area contributed by atoms with Gasteiger partial charge in [-0.1, -0.05) is 12.1 Å². The zero-order valence-corrected chi connectivity index (χ0v) is 32.4. The summed E-state index contributed by atoms with van der Waals surface area (Å²) >= 11 is 0.561. The number of anilines is 1. The monoisotopic (exact) mass is 881 g/mol. The van der Waals surface area contributed by atoms with E-state index in [1.54, 1.807) is 0 Å². The van der Waals surface area contributed by atoms with E-state index < -0.39 is 94.3 Å². The fourth-order valence-electron chi connectivity index (χ4n) is 6.36. The lowest BCUT2D eigenvalue weighted by molar-refractivity contribution is -0.0652. The number of carbonyl (C=O) groups is 1. The number of halogens is 2. The van der Waals surface area contributed by atoms with Crippen molar-refractivity contribution in [2.75, 3.05) is 18.9 Å². The molecular weight excluding hydrogens is 850 g/mol. The van der Waals surface area contributed by atoms with Crippen LogP contribution in [0.4, 0.5) is 14.6 Å². The fourth-order valence-corrected chi connectivity index (χ4v) is 10.7. The zero-order chi connectivity index (χ0) is 41.6. The van der Waals surface area contributed by atoms with Crippen molar-refractivity contribution >= 4 is 49.0 Å². The van der Waals surface area contributed by atoms with E-state index >= 15 is 8.78 Å². The maximum absolute atomic E-state index is 16.7. The number of hydrogen-bond acceptors (Lipinski definition) is 18.